The number of rotatable bonds is 4. The molecular weight excluding hydrogens is 484 g/mol. The Labute approximate surface area is 218 Å². The van der Waals surface area contributed by atoms with E-state index in [0.717, 1.165) is 22.1 Å². The molecule has 5 rings (SSSR count). The number of esters is 2. The maximum absolute atomic E-state index is 13.0. The number of carbonyl (C=O) groups is 2. The fraction of sp³-hybridized carbons (Fsp3) is 0.167. The maximum Gasteiger partial charge on any atom is 0.379 e. The first-order valence-corrected chi connectivity index (χ1v) is 11.8. The number of aryl methyl sites for hydroxylation is 3. The Morgan fingerprint density at radius 3 is 2.37 bits per heavy atom. The van der Waals surface area contributed by atoms with Gasteiger partial charge in [-0.2, -0.15) is 5.26 Å². The summed E-state index contributed by atoms with van der Waals surface area (Å²) in [5.74, 6) is -0.987. The molecule has 1 aromatic heterocycles. The van der Waals surface area contributed by atoms with Crippen molar-refractivity contribution in [3.8, 4) is 17.6 Å². The van der Waals surface area contributed by atoms with Crippen LogP contribution in [0.15, 0.2) is 70.5 Å². The van der Waals surface area contributed by atoms with E-state index in [-0.39, 0.29) is 23.0 Å². The first kappa shape index (κ1) is 24.7. The molecule has 3 aromatic carbocycles. The monoisotopic (exact) mass is 508 g/mol. The van der Waals surface area contributed by atoms with Crippen LogP contribution >= 0.6 is 0 Å². The highest BCUT2D eigenvalue weighted by Crippen LogP contribution is 2.43. The summed E-state index contributed by atoms with van der Waals surface area (Å²) >= 11 is 0. The summed E-state index contributed by atoms with van der Waals surface area (Å²) in [6.07, 6.45) is 0. The van der Waals surface area contributed by atoms with Gasteiger partial charge in [-0.25, -0.2) is 9.59 Å². The van der Waals surface area contributed by atoms with Crippen molar-refractivity contribution in [2.75, 3.05) is 7.11 Å². The van der Waals surface area contributed by atoms with Crippen LogP contribution in [-0.2, 0) is 4.74 Å². The van der Waals surface area contributed by atoms with Gasteiger partial charge in [0.25, 0.3) is 0 Å². The first-order chi connectivity index (χ1) is 18.2. The average molecular weight is 509 g/mol. The van der Waals surface area contributed by atoms with Crippen molar-refractivity contribution in [1.29, 1.82) is 5.26 Å². The summed E-state index contributed by atoms with van der Waals surface area (Å²) in [6, 6.07) is 17.6. The van der Waals surface area contributed by atoms with E-state index < -0.39 is 17.9 Å². The molecule has 1 aliphatic heterocycles. The molecule has 4 aromatic rings. The van der Waals surface area contributed by atoms with E-state index in [1.165, 1.54) is 7.11 Å². The number of nitriles is 1. The fourth-order valence-corrected chi connectivity index (χ4v) is 4.60. The lowest BCUT2D eigenvalue weighted by Gasteiger charge is -2.26. The Kier molecular flexibility index (Phi) is 6.13. The van der Waals surface area contributed by atoms with Gasteiger partial charge >= 0.3 is 11.9 Å². The number of hydrogen-bond donors (Lipinski definition) is 1. The molecule has 0 spiro atoms. The normalized spacial score (nSPS) is 14.4. The zero-order valence-electron chi connectivity index (χ0n) is 21.2. The van der Waals surface area contributed by atoms with Crippen molar-refractivity contribution in [2.45, 2.75) is 26.7 Å². The lowest BCUT2D eigenvalue weighted by molar-refractivity contribution is 0.0600. The minimum atomic E-state index is -0.638. The number of allylic oxidation sites excluding steroid dienone is 1. The van der Waals surface area contributed by atoms with E-state index >= 15 is 0 Å². The molecule has 0 fully saturated rings. The van der Waals surface area contributed by atoms with Crippen LogP contribution in [0.5, 0.6) is 11.5 Å². The molecule has 1 aliphatic rings. The van der Waals surface area contributed by atoms with E-state index in [0.29, 0.717) is 28.0 Å². The number of fused-ring (bicyclic) bond motifs is 2. The van der Waals surface area contributed by atoms with E-state index in [9.17, 15) is 14.9 Å². The van der Waals surface area contributed by atoms with E-state index in [1.54, 1.807) is 42.5 Å². The van der Waals surface area contributed by atoms with E-state index in [2.05, 4.69) is 6.07 Å². The number of methoxy groups -OCH3 is 1. The molecule has 0 aliphatic carbocycles. The van der Waals surface area contributed by atoms with Gasteiger partial charge in [-0.3, -0.25) is 0 Å². The van der Waals surface area contributed by atoms with Crippen LogP contribution in [0.25, 0.3) is 11.0 Å². The third-order valence-electron chi connectivity index (χ3n) is 6.80. The van der Waals surface area contributed by atoms with Gasteiger partial charge in [-0.15, -0.1) is 0 Å². The van der Waals surface area contributed by atoms with Crippen LogP contribution in [0.1, 0.15) is 54.6 Å². The van der Waals surface area contributed by atoms with E-state index in [4.69, 9.17) is 24.4 Å². The molecule has 2 heterocycles. The molecule has 8 heteroatoms. The zero-order valence-corrected chi connectivity index (χ0v) is 21.2. The largest absolute Gasteiger partial charge is 0.465 e. The van der Waals surface area contributed by atoms with Gasteiger partial charge in [0.15, 0.2) is 0 Å². The summed E-state index contributed by atoms with van der Waals surface area (Å²) in [7, 11) is 1.31. The Hall–Kier alpha value is -5.03. The molecule has 0 bridgehead atoms. The van der Waals surface area contributed by atoms with Gasteiger partial charge in [0, 0.05) is 22.6 Å². The lowest BCUT2D eigenvalue weighted by atomic mass is 9.83. The van der Waals surface area contributed by atoms with Crippen LogP contribution in [0, 0.1) is 32.1 Å². The average Bonchev–Trinajstić information content (AvgIpc) is 3.22. The number of carbonyl (C=O) groups excluding carboxylic acids is 2. The van der Waals surface area contributed by atoms with Gasteiger partial charge in [-0.1, -0.05) is 18.2 Å². The number of ether oxygens (including phenoxy) is 3. The molecule has 0 radical (unpaired) electrons. The van der Waals surface area contributed by atoms with Gasteiger partial charge in [0.05, 0.1) is 18.6 Å². The predicted molar refractivity (Wildman–Crippen MR) is 139 cm³/mol. The molecule has 2 N–H and O–H groups in total. The second-order valence-electron chi connectivity index (χ2n) is 9.12. The molecular formula is C30H24N2O6. The van der Waals surface area contributed by atoms with Crippen molar-refractivity contribution >= 4 is 22.9 Å². The molecule has 0 saturated carbocycles. The lowest BCUT2D eigenvalue weighted by Crippen LogP contribution is -2.21. The smallest absolute Gasteiger partial charge is 0.379 e. The van der Waals surface area contributed by atoms with Crippen molar-refractivity contribution in [1.82, 2.24) is 0 Å². The van der Waals surface area contributed by atoms with Crippen molar-refractivity contribution in [3.63, 3.8) is 0 Å². The second-order valence-corrected chi connectivity index (χ2v) is 9.12. The number of nitrogens with zero attached hydrogens (tertiary/aromatic N) is 1. The predicted octanol–water partition coefficient (Wildman–Crippen LogP) is 5.58. The Balaban J connectivity index is 1.47. The molecule has 190 valence electrons. The number of nitrogens with two attached hydrogens (primary N) is 1. The van der Waals surface area contributed by atoms with Gasteiger partial charge in [0.1, 0.15) is 28.7 Å². The summed E-state index contributed by atoms with van der Waals surface area (Å²) in [6.45, 7) is 5.81. The maximum atomic E-state index is 13.0. The van der Waals surface area contributed by atoms with Gasteiger partial charge < -0.3 is 24.4 Å². The molecule has 8 nitrogen and oxygen atoms in total. The van der Waals surface area contributed by atoms with Crippen LogP contribution in [-0.4, -0.2) is 19.0 Å². The van der Waals surface area contributed by atoms with Crippen LogP contribution in [0.2, 0.25) is 0 Å². The fourth-order valence-electron chi connectivity index (χ4n) is 4.60. The summed E-state index contributed by atoms with van der Waals surface area (Å²) in [5, 5.41) is 10.7. The molecule has 1 atom stereocenters. The van der Waals surface area contributed by atoms with Gasteiger partial charge in [-0.05, 0) is 67.8 Å². The molecule has 0 saturated heterocycles. The molecule has 1 unspecified atom stereocenters. The molecule has 0 amide bonds. The van der Waals surface area contributed by atoms with Crippen LogP contribution < -0.4 is 15.2 Å². The number of hydrogen-bond acceptors (Lipinski definition) is 8. The minimum absolute atomic E-state index is 0.0515. The second kappa shape index (κ2) is 9.45. The molecule has 38 heavy (non-hydrogen) atoms. The Morgan fingerprint density at radius 1 is 0.974 bits per heavy atom. The topological polar surface area (TPSA) is 125 Å². The highest BCUT2D eigenvalue weighted by Gasteiger charge is 2.31. The number of benzene rings is 3. The van der Waals surface area contributed by atoms with Crippen molar-refractivity contribution in [2.24, 2.45) is 5.73 Å². The highest BCUT2D eigenvalue weighted by atomic mass is 16.5. The zero-order chi connectivity index (χ0) is 27.1. The number of furan rings is 1. The standard InChI is InChI=1S/C30H24N2O6/c1-15-11-22-17(3)27(37-24(22)12-16(15)2)30(34)36-20-9-10-21-25(13-20)38-28(32)23(14-31)26(21)18-5-7-19(8-6-18)29(33)35-4/h5-13,26H,32H2,1-4H3. The van der Waals surface area contributed by atoms with Crippen molar-refractivity contribution < 1.29 is 28.2 Å². The summed E-state index contributed by atoms with van der Waals surface area (Å²) < 4.78 is 22.0. The third-order valence-corrected chi connectivity index (χ3v) is 6.80. The van der Waals surface area contributed by atoms with Crippen LogP contribution in [0.4, 0.5) is 0 Å². The highest BCUT2D eigenvalue weighted by molar-refractivity contribution is 5.97. The SMILES string of the molecule is COC(=O)c1ccc(C2C(C#N)=C(N)Oc3cc(OC(=O)c4oc5cc(C)c(C)cc5c4C)ccc32)cc1. The third kappa shape index (κ3) is 4.14. The quantitative estimate of drug-likeness (QED) is 0.280. The summed E-state index contributed by atoms with van der Waals surface area (Å²) in [4.78, 5) is 24.9. The van der Waals surface area contributed by atoms with Crippen molar-refractivity contribution in [3.05, 3.63) is 105 Å². The summed E-state index contributed by atoms with van der Waals surface area (Å²) in [5.41, 5.74) is 11.6. The minimum Gasteiger partial charge on any atom is -0.465 e. The first-order valence-electron chi connectivity index (χ1n) is 11.8. The van der Waals surface area contributed by atoms with Crippen LogP contribution in [0.3, 0.4) is 0 Å². The Morgan fingerprint density at radius 2 is 1.68 bits per heavy atom. The Bertz CT molecular complexity index is 1690. The van der Waals surface area contributed by atoms with E-state index in [1.807, 2.05) is 32.9 Å². The van der Waals surface area contributed by atoms with Gasteiger partial charge in [0.2, 0.25) is 11.6 Å².